The molecule has 23 heavy (non-hydrogen) atoms. The number of hydrogen-bond donors (Lipinski definition) is 0. The molecule has 3 rings (SSSR count). The summed E-state index contributed by atoms with van der Waals surface area (Å²) in [4.78, 5) is 4.48. The van der Waals surface area contributed by atoms with Gasteiger partial charge in [-0.05, 0) is 35.4 Å². The van der Waals surface area contributed by atoms with Gasteiger partial charge >= 0.3 is 0 Å². The summed E-state index contributed by atoms with van der Waals surface area (Å²) >= 11 is 12.1. The van der Waals surface area contributed by atoms with Gasteiger partial charge in [-0.15, -0.1) is 0 Å². The van der Waals surface area contributed by atoms with Crippen LogP contribution in [0.25, 0.3) is 0 Å². The van der Waals surface area contributed by atoms with Crippen LogP contribution in [-0.4, -0.2) is 36.0 Å². The van der Waals surface area contributed by atoms with Gasteiger partial charge in [-0.1, -0.05) is 53.9 Å². The van der Waals surface area contributed by atoms with E-state index >= 15 is 0 Å². The fourth-order valence-corrected chi connectivity index (χ4v) is 3.27. The van der Waals surface area contributed by atoms with E-state index in [9.17, 15) is 0 Å². The van der Waals surface area contributed by atoms with E-state index in [0.717, 1.165) is 36.2 Å². The summed E-state index contributed by atoms with van der Waals surface area (Å²) in [6, 6.07) is 19.1. The third-order valence-corrected chi connectivity index (χ3v) is 4.74. The summed E-state index contributed by atoms with van der Waals surface area (Å²) in [7, 11) is 0. The molecule has 0 aliphatic carbocycles. The van der Waals surface area contributed by atoms with Crippen molar-refractivity contribution >= 4 is 23.2 Å². The van der Waals surface area contributed by atoms with Crippen LogP contribution in [0.1, 0.15) is 17.2 Å². The zero-order chi connectivity index (χ0) is 16.2. The van der Waals surface area contributed by atoms with E-state index in [1.807, 2.05) is 29.2 Å². The Balaban J connectivity index is 1.92. The minimum absolute atomic E-state index is 0.185. The van der Waals surface area contributed by atoms with Gasteiger partial charge < -0.3 is 4.90 Å². The Morgan fingerprint density at radius 2 is 1.22 bits per heavy atom. The molecule has 1 saturated heterocycles. The monoisotopic (exact) mass is 344 g/mol. The van der Waals surface area contributed by atoms with Crippen LogP contribution in [0.2, 0.25) is 10.0 Å². The van der Waals surface area contributed by atoms with Crippen molar-refractivity contribution in [2.24, 2.45) is 0 Å². The van der Waals surface area contributed by atoms with E-state index in [1.54, 1.807) is 0 Å². The SMILES string of the molecule is C#CN1CCN(C(c2ccc(Cl)cc2)c2ccc(Cl)cc2)CC1. The summed E-state index contributed by atoms with van der Waals surface area (Å²) in [5, 5.41) is 1.50. The van der Waals surface area contributed by atoms with Gasteiger partial charge in [0.2, 0.25) is 0 Å². The van der Waals surface area contributed by atoms with Gasteiger partial charge in [-0.2, -0.15) is 0 Å². The number of hydrogen-bond acceptors (Lipinski definition) is 2. The van der Waals surface area contributed by atoms with Gasteiger partial charge in [-0.25, -0.2) is 0 Å². The number of piperazine rings is 1. The second kappa shape index (κ2) is 7.27. The Morgan fingerprint density at radius 3 is 1.61 bits per heavy atom. The van der Waals surface area contributed by atoms with Crippen molar-refractivity contribution in [2.45, 2.75) is 6.04 Å². The summed E-state index contributed by atoms with van der Waals surface area (Å²) < 4.78 is 0. The van der Waals surface area contributed by atoms with Crippen molar-refractivity contribution in [2.75, 3.05) is 26.2 Å². The lowest BCUT2D eigenvalue weighted by Crippen LogP contribution is -2.46. The van der Waals surface area contributed by atoms with Crippen LogP contribution in [0.5, 0.6) is 0 Å². The molecule has 0 atom stereocenters. The highest BCUT2D eigenvalue weighted by Gasteiger charge is 2.25. The molecule has 0 radical (unpaired) electrons. The van der Waals surface area contributed by atoms with Gasteiger partial charge in [0.05, 0.1) is 6.04 Å². The van der Waals surface area contributed by atoms with E-state index in [1.165, 1.54) is 11.1 Å². The fraction of sp³-hybridized carbons (Fsp3) is 0.263. The third-order valence-electron chi connectivity index (χ3n) is 4.23. The maximum atomic E-state index is 6.05. The molecule has 4 heteroatoms. The lowest BCUT2D eigenvalue weighted by Gasteiger charge is -2.38. The van der Waals surface area contributed by atoms with Gasteiger partial charge in [0.15, 0.2) is 0 Å². The van der Waals surface area contributed by atoms with Crippen LogP contribution >= 0.6 is 23.2 Å². The molecule has 0 unspecified atom stereocenters. The minimum atomic E-state index is 0.185. The van der Waals surface area contributed by atoms with E-state index < -0.39 is 0 Å². The van der Waals surface area contributed by atoms with Gasteiger partial charge in [-0.3, -0.25) is 4.90 Å². The van der Waals surface area contributed by atoms with Crippen LogP contribution in [0.4, 0.5) is 0 Å². The highest BCUT2D eigenvalue weighted by molar-refractivity contribution is 6.30. The molecule has 1 aliphatic heterocycles. The molecule has 1 fully saturated rings. The topological polar surface area (TPSA) is 6.48 Å². The molecule has 0 amide bonds. The first-order valence-electron chi connectivity index (χ1n) is 7.63. The average molecular weight is 345 g/mol. The smallest absolute Gasteiger partial charge is 0.0603 e. The number of benzene rings is 2. The van der Waals surface area contributed by atoms with Crippen LogP contribution in [-0.2, 0) is 0 Å². The van der Waals surface area contributed by atoms with Crippen LogP contribution in [0.3, 0.4) is 0 Å². The molecular formula is C19H18Cl2N2. The van der Waals surface area contributed by atoms with Crippen molar-refractivity contribution in [3.05, 3.63) is 69.7 Å². The highest BCUT2D eigenvalue weighted by atomic mass is 35.5. The Morgan fingerprint density at radius 1 is 0.783 bits per heavy atom. The second-order valence-corrected chi connectivity index (χ2v) is 6.53. The molecule has 0 N–H and O–H groups in total. The molecule has 2 nitrogen and oxygen atoms in total. The maximum absolute atomic E-state index is 6.05. The standard InChI is InChI=1S/C19H18Cl2N2/c1-2-22-11-13-23(14-12-22)19(15-3-7-17(20)8-4-15)16-5-9-18(21)10-6-16/h1,3-10,19H,11-14H2. The molecule has 1 heterocycles. The Hall–Kier alpha value is -1.66. The Labute approximate surface area is 147 Å². The number of rotatable bonds is 3. The molecule has 0 saturated carbocycles. The molecule has 2 aromatic rings. The summed E-state index contributed by atoms with van der Waals surface area (Å²) in [5.41, 5.74) is 2.46. The molecule has 0 spiro atoms. The molecule has 0 bridgehead atoms. The zero-order valence-corrected chi connectivity index (χ0v) is 14.3. The predicted octanol–water partition coefficient (Wildman–Crippen LogP) is 4.29. The minimum Gasteiger partial charge on any atom is -0.330 e. The lowest BCUT2D eigenvalue weighted by molar-refractivity contribution is 0.145. The first kappa shape index (κ1) is 16.2. The Bertz CT molecular complexity index is 635. The van der Waals surface area contributed by atoms with Crippen molar-refractivity contribution in [1.29, 1.82) is 0 Å². The van der Waals surface area contributed by atoms with Crippen molar-refractivity contribution < 1.29 is 0 Å². The summed E-state index contributed by atoms with van der Waals surface area (Å²) in [6.07, 6.45) is 5.51. The summed E-state index contributed by atoms with van der Waals surface area (Å²) in [5.74, 6) is 0. The van der Waals surface area contributed by atoms with Crippen molar-refractivity contribution in [1.82, 2.24) is 9.80 Å². The van der Waals surface area contributed by atoms with Crippen LogP contribution in [0.15, 0.2) is 48.5 Å². The van der Waals surface area contributed by atoms with Gasteiger partial charge in [0.1, 0.15) is 0 Å². The zero-order valence-electron chi connectivity index (χ0n) is 12.8. The largest absolute Gasteiger partial charge is 0.330 e. The quantitative estimate of drug-likeness (QED) is 0.766. The molecule has 0 aromatic heterocycles. The van der Waals surface area contributed by atoms with Crippen LogP contribution < -0.4 is 0 Å². The fourth-order valence-electron chi connectivity index (χ4n) is 3.01. The normalized spacial score (nSPS) is 15.7. The highest BCUT2D eigenvalue weighted by Crippen LogP contribution is 2.31. The van der Waals surface area contributed by atoms with Gasteiger partial charge in [0, 0.05) is 42.3 Å². The summed E-state index contributed by atoms with van der Waals surface area (Å²) in [6.45, 7) is 3.63. The van der Waals surface area contributed by atoms with E-state index in [4.69, 9.17) is 29.6 Å². The van der Waals surface area contributed by atoms with Crippen molar-refractivity contribution in [3.8, 4) is 12.5 Å². The maximum Gasteiger partial charge on any atom is 0.0603 e. The van der Waals surface area contributed by atoms with E-state index in [0.29, 0.717) is 0 Å². The number of terminal acetylenes is 1. The molecule has 118 valence electrons. The lowest BCUT2D eigenvalue weighted by atomic mass is 9.96. The third kappa shape index (κ3) is 3.82. The van der Waals surface area contributed by atoms with Crippen molar-refractivity contribution in [3.63, 3.8) is 0 Å². The first-order chi connectivity index (χ1) is 11.2. The van der Waals surface area contributed by atoms with Crippen LogP contribution in [0, 0.1) is 12.5 Å². The van der Waals surface area contributed by atoms with E-state index in [2.05, 4.69) is 35.2 Å². The predicted molar refractivity (Wildman–Crippen MR) is 96.7 cm³/mol. The van der Waals surface area contributed by atoms with Gasteiger partial charge in [0.25, 0.3) is 0 Å². The van der Waals surface area contributed by atoms with E-state index in [-0.39, 0.29) is 6.04 Å². The Kier molecular flexibility index (Phi) is 5.13. The number of nitrogens with zero attached hydrogens (tertiary/aromatic N) is 2. The number of halogens is 2. The molecule has 2 aromatic carbocycles. The first-order valence-corrected chi connectivity index (χ1v) is 8.39. The second-order valence-electron chi connectivity index (χ2n) is 5.66. The molecule has 1 aliphatic rings. The average Bonchev–Trinajstić information content (AvgIpc) is 2.59. The molecular weight excluding hydrogens is 327 g/mol.